The second-order valence-electron chi connectivity index (χ2n) is 3.49. The molecule has 1 atom stereocenters. The predicted molar refractivity (Wildman–Crippen MR) is 74.0 cm³/mol. The topological polar surface area (TPSA) is 94.8 Å². The molecule has 0 aliphatic heterocycles. The first-order chi connectivity index (χ1) is 8.91. The minimum atomic E-state index is -4.02. The minimum absolute atomic E-state index is 0.0648. The Morgan fingerprint density at radius 1 is 0.842 bits per heavy atom. The second-order valence-corrected chi connectivity index (χ2v) is 6.15. The number of hydrogen-bond donors (Lipinski definition) is 3. The largest absolute Gasteiger partial charge is 0.546 e. The molecule has 100 valence electrons. The van der Waals surface area contributed by atoms with E-state index in [2.05, 4.69) is 0 Å². The van der Waals surface area contributed by atoms with E-state index in [1.54, 1.807) is 42.5 Å². The highest BCUT2D eigenvalue weighted by Gasteiger charge is 2.14. The van der Waals surface area contributed by atoms with Gasteiger partial charge in [-0.2, -0.15) is 4.89 Å². The van der Waals surface area contributed by atoms with Crippen LogP contribution in [-0.4, -0.2) is 14.7 Å². The summed E-state index contributed by atoms with van der Waals surface area (Å²) in [7, 11) is -6.16. The summed E-state index contributed by atoms with van der Waals surface area (Å²) in [6.07, 6.45) is 0. The Morgan fingerprint density at radius 3 is 1.53 bits per heavy atom. The first-order valence-corrected chi connectivity index (χ1v) is 8.06. The van der Waals surface area contributed by atoms with E-state index in [-0.39, 0.29) is 5.30 Å². The zero-order valence-electron chi connectivity index (χ0n) is 9.83. The maximum Gasteiger partial charge on any atom is 0.546 e. The third-order valence-corrected chi connectivity index (χ3v) is 3.78. The summed E-state index contributed by atoms with van der Waals surface area (Å²) in [6, 6.07) is 16.2. The molecule has 19 heavy (non-hydrogen) atoms. The molecule has 3 N–H and O–H groups in total. The zero-order chi connectivity index (χ0) is 14.3. The quantitative estimate of drug-likeness (QED) is 0.731. The molecule has 7 heteroatoms. The van der Waals surface area contributed by atoms with Crippen molar-refractivity contribution in [2.45, 2.75) is 0 Å². The van der Waals surface area contributed by atoms with Gasteiger partial charge in [-0.25, -0.2) is 0 Å². The van der Waals surface area contributed by atoms with Crippen LogP contribution in [-0.2, 0) is 9.13 Å². The van der Waals surface area contributed by atoms with Crippen molar-refractivity contribution in [1.82, 2.24) is 0 Å². The Balaban J connectivity index is 0.000000191. The van der Waals surface area contributed by atoms with Crippen molar-refractivity contribution in [2.75, 3.05) is 0 Å². The minimum Gasteiger partial charge on any atom is -0.321 e. The molecule has 0 bridgehead atoms. The van der Waals surface area contributed by atoms with Gasteiger partial charge in [0.25, 0.3) is 0 Å². The van der Waals surface area contributed by atoms with Crippen LogP contribution in [0.25, 0.3) is 0 Å². The lowest BCUT2D eigenvalue weighted by molar-refractivity contribution is 0.387. The van der Waals surface area contributed by atoms with E-state index in [0.717, 1.165) is 0 Å². The Hall–Kier alpha value is -1.35. The molecule has 5 nitrogen and oxygen atoms in total. The molecule has 0 heterocycles. The standard InChI is InChI=1S/C6H7O3P.C6H5O2P/c7-10(8,9)6-4-2-1-3-5-6;7-9(8)6-4-2-1-3-5-6/h1-5H,(H2,7,8,9);1-5H/p+1. The van der Waals surface area contributed by atoms with Gasteiger partial charge in [0.15, 0.2) is 0 Å². The monoisotopic (exact) mass is 299 g/mol. The van der Waals surface area contributed by atoms with Crippen molar-refractivity contribution in [1.29, 1.82) is 0 Å². The van der Waals surface area contributed by atoms with Crippen LogP contribution in [0.15, 0.2) is 60.7 Å². The average molecular weight is 299 g/mol. The van der Waals surface area contributed by atoms with Crippen LogP contribution in [0.4, 0.5) is 0 Å². The molecule has 0 fully saturated rings. The van der Waals surface area contributed by atoms with Gasteiger partial charge in [-0.15, -0.1) is 0 Å². The fourth-order valence-corrected chi connectivity index (χ4v) is 2.17. The van der Waals surface area contributed by atoms with Crippen molar-refractivity contribution >= 4 is 26.2 Å². The normalized spacial score (nSPS) is 11.2. The van der Waals surface area contributed by atoms with Gasteiger partial charge >= 0.3 is 15.6 Å². The highest BCUT2D eigenvalue weighted by molar-refractivity contribution is 7.60. The summed E-state index contributed by atoms with van der Waals surface area (Å²) in [6.45, 7) is 0. The Kier molecular flexibility index (Phi) is 6.03. The van der Waals surface area contributed by atoms with E-state index in [0.29, 0.717) is 5.30 Å². The SMILES string of the molecule is O=P(O)(O)c1ccccc1.O=[P+](O)c1ccccc1. The van der Waals surface area contributed by atoms with Gasteiger partial charge in [0.2, 0.25) is 5.30 Å². The number of benzene rings is 2. The summed E-state index contributed by atoms with van der Waals surface area (Å²) < 4.78 is 20.9. The van der Waals surface area contributed by atoms with E-state index in [1.807, 2.05) is 6.07 Å². The third kappa shape index (κ3) is 5.88. The van der Waals surface area contributed by atoms with Crippen LogP contribution in [0.2, 0.25) is 0 Å². The molecule has 0 aromatic heterocycles. The summed E-state index contributed by atoms with van der Waals surface area (Å²) >= 11 is 0. The summed E-state index contributed by atoms with van der Waals surface area (Å²) in [4.78, 5) is 25.7. The van der Waals surface area contributed by atoms with Gasteiger partial charge < -0.3 is 9.79 Å². The molecule has 0 amide bonds. The van der Waals surface area contributed by atoms with Gasteiger partial charge in [-0.3, -0.25) is 4.57 Å². The molecule has 0 aliphatic rings. The van der Waals surface area contributed by atoms with Crippen LogP contribution in [0.1, 0.15) is 0 Å². The molecular weight excluding hydrogens is 286 g/mol. The van der Waals surface area contributed by atoms with Crippen molar-refractivity contribution in [3.63, 3.8) is 0 Å². The molecule has 2 aromatic rings. The maximum atomic E-state index is 10.5. The van der Waals surface area contributed by atoms with Gasteiger partial charge in [0, 0.05) is 0 Å². The fraction of sp³-hybridized carbons (Fsp3) is 0. The molecule has 0 saturated carbocycles. The highest BCUT2D eigenvalue weighted by Crippen LogP contribution is 2.32. The van der Waals surface area contributed by atoms with Gasteiger partial charge in [-0.05, 0) is 28.8 Å². The van der Waals surface area contributed by atoms with E-state index in [9.17, 15) is 9.13 Å². The Bertz CT molecular complexity index is 565. The number of hydrogen-bond acceptors (Lipinski definition) is 2. The first-order valence-electron chi connectivity index (χ1n) is 5.23. The average Bonchev–Trinajstić information content (AvgIpc) is 2.40. The van der Waals surface area contributed by atoms with Crippen molar-refractivity contribution in [3.05, 3.63) is 60.7 Å². The zero-order valence-corrected chi connectivity index (χ0v) is 11.6. The molecule has 1 unspecified atom stereocenters. The predicted octanol–water partition coefficient (Wildman–Crippen LogP) is 1.54. The molecule has 0 spiro atoms. The van der Waals surface area contributed by atoms with Gasteiger partial charge in [0.05, 0.1) is 5.30 Å². The molecule has 0 aliphatic carbocycles. The summed E-state index contributed by atoms with van der Waals surface area (Å²) in [5.74, 6) is 0. The van der Waals surface area contributed by atoms with Crippen LogP contribution < -0.4 is 10.6 Å². The second kappa shape index (κ2) is 7.29. The Morgan fingerprint density at radius 2 is 1.26 bits per heavy atom. The molecule has 2 rings (SSSR count). The highest BCUT2D eigenvalue weighted by atomic mass is 31.2. The molecule has 0 saturated heterocycles. The van der Waals surface area contributed by atoms with E-state index in [4.69, 9.17) is 14.7 Å². The summed E-state index contributed by atoms with van der Waals surface area (Å²) in [5.41, 5.74) is 0. The lowest BCUT2D eigenvalue weighted by Gasteiger charge is -2.00. The van der Waals surface area contributed by atoms with E-state index in [1.165, 1.54) is 12.1 Å². The van der Waals surface area contributed by atoms with Crippen LogP contribution in [0, 0.1) is 0 Å². The van der Waals surface area contributed by atoms with Crippen molar-refractivity contribution in [3.8, 4) is 0 Å². The van der Waals surface area contributed by atoms with Gasteiger partial charge in [0.1, 0.15) is 0 Å². The smallest absolute Gasteiger partial charge is 0.321 e. The summed E-state index contributed by atoms with van der Waals surface area (Å²) in [5, 5.41) is 0.544. The molecule has 0 radical (unpaired) electrons. The number of rotatable bonds is 2. The van der Waals surface area contributed by atoms with Crippen LogP contribution in [0.5, 0.6) is 0 Å². The third-order valence-electron chi connectivity index (χ3n) is 2.07. The lowest BCUT2D eigenvalue weighted by Crippen LogP contribution is -2.01. The molecular formula is C12H13O5P2+. The van der Waals surface area contributed by atoms with Crippen LogP contribution in [0.3, 0.4) is 0 Å². The van der Waals surface area contributed by atoms with Crippen molar-refractivity contribution in [2.24, 2.45) is 0 Å². The van der Waals surface area contributed by atoms with E-state index >= 15 is 0 Å². The fourth-order valence-electron chi connectivity index (χ4n) is 1.18. The Labute approximate surface area is 111 Å². The van der Waals surface area contributed by atoms with Crippen molar-refractivity contribution < 1.29 is 23.8 Å². The first kappa shape index (κ1) is 15.7. The lowest BCUT2D eigenvalue weighted by atomic mass is 10.4. The molecule has 2 aromatic carbocycles. The maximum absolute atomic E-state index is 10.5. The van der Waals surface area contributed by atoms with Gasteiger partial charge in [-0.1, -0.05) is 36.4 Å². The van der Waals surface area contributed by atoms with E-state index < -0.39 is 15.6 Å². The van der Waals surface area contributed by atoms with Crippen LogP contribution >= 0.6 is 15.6 Å².